The molecular weight excluding hydrogens is 248 g/mol. The Morgan fingerprint density at radius 3 is 2.39 bits per heavy atom. The van der Waals surface area contributed by atoms with Gasteiger partial charge in [-0.25, -0.2) is 8.42 Å². The predicted molar refractivity (Wildman–Crippen MR) is 71.8 cm³/mol. The Labute approximate surface area is 107 Å². The third-order valence-electron chi connectivity index (χ3n) is 2.40. The molecule has 5 heteroatoms. The summed E-state index contributed by atoms with van der Waals surface area (Å²) in [5, 5.41) is 0. The van der Waals surface area contributed by atoms with Crippen molar-refractivity contribution in [3.63, 3.8) is 0 Å². The predicted octanol–water partition coefficient (Wildman–Crippen LogP) is 2.07. The minimum atomic E-state index is -3.32. The van der Waals surface area contributed by atoms with Crippen LogP contribution in [-0.2, 0) is 16.4 Å². The van der Waals surface area contributed by atoms with Crippen LogP contribution in [0.5, 0.6) is 0 Å². The molecule has 18 heavy (non-hydrogen) atoms. The second kappa shape index (κ2) is 5.64. The number of hydrogen-bond acceptors (Lipinski definition) is 3. The van der Waals surface area contributed by atoms with E-state index in [2.05, 4.69) is 9.71 Å². The van der Waals surface area contributed by atoms with Crippen molar-refractivity contribution in [2.75, 3.05) is 10.5 Å². The quantitative estimate of drug-likeness (QED) is 0.897. The average molecular weight is 262 g/mol. The summed E-state index contributed by atoms with van der Waals surface area (Å²) in [6.07, 6.45) is 2.07. The van der Waals surface area contributed by atoms with Gasteiger partial charge in [0.25, 0.3) is 0 Å². The number of hydrogen-bond donors (Lipinski definition) is 1. The van der Waals surface area contributed by atoms with Crippen molar-refractivity contribution < 1.29 is 8.42 Å². The number of benzene rings is 1. The summed E-state index contributed by atoms with van der Waals surface area (Å²) in [6, 6.07) is 14.3. The SMILES string of the molecule is O=S(=O)(CCc1ccccn1)Nc1ccccc1. The number of pyridine rings is 1. The van der Waals surface area contributed by atoms with Gasteiger partial charge in [-0.2, -0.15) is 0 Å². The lowest BCUT2D eigenvalue weighted by Gasteiger charge is -2.07. The highest BCUT2D eigenvalue weighted by Gasteiger charge is 2.10. The van der Waals surface area contributed by atoms with Gasteiger partial charge in [-0.05, 0) is 24.3 Å². The Hall–Kier alpha value is -1.88. The molecule has 1 N–H and O–H groups in total. The number of para-hydroxylation sites is 1. The molecule has 0 unspecified atom stereocenters. The fourth-order valence-electron chi connectivity index (χ4n) is 1.52. The Kier molecular flexibility index (Phi) is 3.94. The van der Waals surface area contributed by atoms with Gasteiger partial charge < -0.3 is 0 Å². The Bertz CT molecular complexity index is 583. The first-order chi connectivity index (χ1) is 8.66. The second-order valence-electron chi connectivity index (χ2n) is 3.86. The first-order valence-corrected chi connectivity index (χ1v) is 7.26. The number of anilines is 1. The second-order valence-corrected chi connectivity index (χ2v) is 5.70. The fraction of sp³-hybridized carbons (Fsp3) is 0.154. The smallest absolute Gasteiger partial charge is 0.233 e. The van der Waals surface area contributed by atoms with Crippen molar-refractivity contribution in [3.05, 3.63) is 60.4 Å². The summed E-state index contributed by atoms with van der Waals surface area (Å²) < 4.78 is 26.2. The maximum atomic E-state index is 11.8. The molecule has 4 nitrogen and oxygen atoms in total. The van der Waals surface area contributed by atoms with Gasteiger partial charge in [0.1, 0.15) is 0 Å². The lowest BCUT2D eigenvalue weighted by Crippen LogP contribution is -2.18. The van der Waals surface area contributed by atoms with Crippen LogP contribution in [0.3, 0.4) is 0 Å². The largest absolute Gasteiger partial charge is 0.284 e. The van der Waals surface area contributed by atoms with E-state index in [4.69, 9.17) is 0 Å². The third kappa shape index (κ3) is 3.85. The molecule has 94 valence electrons. The van der Waals surface area contributed by atoms with Crippen LogP contribution in [0.1, 0.15) is 5.69 Å². The molecule has 0 fully saturated rings. The maximum Gasteiger partial charge on any atom is 0.233 e. The molecule has 2 rings (SSSR count). The molecule has 0 spiro atoms. The van der Waals surface area contributed by atoms with Crippen LogP contribution < -0.4 is 4.72 Å². The van der Waals surface area contributed by atoms with Gasteiger partial charge in [0.05, 0.1) is 5.75 Å². The summed E-state index contributed by atoms with van der Waals surface area (Å²) in [4.78, 5) is 4.10. The van der Waals surface area contributed by atoms with Crippen molar-refractivity contribution >= 4 is 15.7 Å². The lowest BCUT2D eigenvalue weighted by molar-refractivity contribution is 0.600. The first-order valence-electron chi connectivity index (χ1n) is 5.61. The van der Waals surface area contributed by atoms with E-state index < -0.39 is 10.0 Å². The van der Waals surface area contributed by atoms with Gasteiger partial charge in [0.15, 0.2) is 0 Å². The lowest BCUT2D eigenvalue weighted by atomic mass is 10.3. The molecule has 1 aromatic carbocycles. The zero-order valence-electron chi connectivity index (χ0n) is 9.78. The van der Waals surface area contributed by atoms with Crippen LogP contribution >= 0.6 is 0 Å². The van der Waals surface area contributed by atoms with Crippen LogP contribution in [0.2, 0.25) is 0 Å². The van der Waals surface area contributed by atoms with Crippen molar-refractivity contribution in [1.29, 1.82) is 0 Å². The zero-order chi connectivity index (χ0) is 12.8. The summed E-state index contributed by atoms with van der Waals surface area (Å²) >= 11 is 0. The average Bonchev–Trinajstić information content (AvgIpc) is 2.38. The third-order valence-corrected chi connectivity index (χ3v) is 3.69. The van der Waals surface area contributed by atoms with Crippen LogP contribution in [-0.4, -0.2) is 19.2 Å². The summed E-state index contributed by atoms with van der Waals surface area (Å²) in [7, 11) is -3.32. The molecule has 0 radical (unpaired) electrons. The van der Waals surface area contributed by atoms with E-state index in [1.165, 1.54) is 0 Å². The molecule has 0 aliphatic carbocycles. The van der Waals surface area contributed by atoms with Crippen molar-refractivity contribution in [1.82, 2.24) is 4.98 Å². The van der Waals surface area contributed by atoms with Crippen molar-refractivity contribution in [3.8, 4) is 0 Å². The van der Waals surface area contributed by atoms with E-state index in [0.29, 0.717) is 12.1 Å². The molecule has 0 amide bonds. The van der Waals surface area contributed by atoms with Crippen LogP contribution in [0, 0.1) is 0 Å². The van der Waals surface area contributed by atoms with E-state index >= 15 is 0 Å². The van der Waals surface area contributed by atoms with Crippen LogP contribution in [0.4, 0.5) is 5.69 Å². The van der Waals surface area contributed by atoms with Gasteiger partial charge in [-0.15, -0.1) is 0 Å². The van der Waals surface area contributed by atoms with E-state index in [-0.39, 0.29) is 5.75 Å². The Morgan fingerprint density at radius 1 is 1.00 bits per heavy atom. The highest BCUT2D eigenvalue weighted by molar-refractivity contribution is 7.92. The first kappa shape index (κ1) is 12.6. The molecule has 0 saturated heterocycles. The Balaban J connectivity index is 1.96. The van der Waals surface area contributed by atoms with Crippen molar-refractivity contribution in [2.45, 2.75) is 6.42 Å². The van der Waals surface area contributed by atoms with Gasteiger partial charge in [-0.3, -0.25) is 9.71 Å². The number of nitrogens with one attached hydrogen (secondary N) is 1. The number of nitrogens with zero attached hydrogens (tertiary/aromatic N) is 1. The summed E-state index contributed by atoms with van der Waals surface area (Å²) in [6.45, 7) is 0. The van der Waals surface area contributed by atoms with Gasteiger partial charge in [0.2, 0.25) is 10.0 Å². The summed E-state index contributed by atoms with van der Waals surface area (Å²) in [5.74, 6) is 0.0267. The number of aryl methyl sites for hydroxylation is 1. The minimum absolute atomic E-state index is 0.0267. The number of rotatable bonds is 5. The minimum Gasteiger partial charge on any atom is -0.284 e. The normalized spacial score (nSPS) is 11.1. The maximum absolute atomic E-state index is 11.8. The van der Waals surface area contributed by atoms with Gasteiger partial charge >= 0.3 is 0 Å². The molecule has 1 heterocycles. The molecule has 1 aromatic heterocycles. The van der Waals surface area contributed by atoms with E-state index in [1.807, 2.05) is 18.2 Å². The Morgan fingerprint density at radius 2 is 1.72 bits per heavy atom. The zero-order valence-corrected chi connectivity index (χ0v) is 10.6. The number of aromatic nitrogens is 1. The molecular formula is C13H14N2O2S. The standard InChI is InChI=1S/C13H14N2O2S/c16-18(17,15-13-7-2-1-3-8-13)11-9-12-6-4-5-10-14-12/h1-8,10,15H,9,11H2. The van der Waals surface area contributed by atoms with E-state index in [1.54, 1.807) is 36.5 Å². The fourth-order valence-corrected chi connectivity index (χ4v) is 2.60. The van der Waals surface area contributed by atoms with Gasteiger partial charge in [0, 0.05) is 24.0 Å². The van der Waals surface area contributed by atoms with E-state index in [9.17, 15) is 8.42 Å². The number of sulfonamides is 1. The van der Waals surface area contributed by atoms with Crippen LogP contribution in [0.15, 0.2) is 54.7 Å². The molecule has 0 saturated carbocycles. The monoisotopic (exact) mass is 262 g/mol. The topological polar surface area (TPSA) is 59.1 Å². The highest BCUT2D eigenvalue weighted by Crippen LogP contribution is 2.08. The highest BCUT2D eigenvalue weighted by atomic mass is 32.2. The molecule has 0 aliphatic heterocycles. The van der Waals surface area contributed by atoms with Crippen LogP contribution in [0.25, 0.3) is 0 Å². The van der Waals surface area contributed by atoms with Crippen molar-refractivity contribution in [2.24, 2.45) is 0 Å². The van der Waals surface area contributed by atoms with E-state index in [0.717, 1.165) is 5.69 Å². The molecule has 0 aliphatic rings. The molecule has 0 bridgehead atoms. The molecule has 2 aromatic rings. The summed E-state index contributed by atoms with van der Waals surface area (Å²) in [5.41, 5.74) is 1.36. The molecule has 0 atom stereocenters. The van der Waals surface area contributed by atoms with Gasteiger partial charge in [-0.1, -0.05) is 24.3 Å².